The maximum atomic E-state index is 5.32. The summed E-state index contributed by atoms with van der Waals surface area (Å²) in [4.78, 5) is 4.46. The number of nitrogens with zero attached hydrogens (tertiary/aromatic N) is 2. The van der Waals surface area contributed by atoms with Crippen molar-refractivity contribution in [2.45, 2.75) is 59.9 Å². The first-order valence-electron chi connectivity index (χ1n) is 7.06. The molecule has 1 N–H and O–H groups in total. The molecule has 0 spiro atoms. The molecule has 1 heterocycles. The SMILES string of the molecule is CCNC(Cc1nc(CC(C)C)no1)CC(C)C. The molecule has 1 unspecified atom stereocenters. The summed E-state index contributed by atoms with van der Waals surface area (Å²) in [5.74, 6) is 2.83. The molecule has 0 radical (unpaired) electrons. The summed E-state index contributed by atoms with van der Waals surface area (Å²) in [6, 6.07) is 0.433. The monoisotopic (exact) mass is 253 g/mol. The largest absolute Gasteiger partial charge is 0.339 e. The van der Waals surface area contributed by atoms with Gasteiger partial charge in [-0.05, 0) is 24.8 Å². The van der Waals surface area contributed by atoms with Gasteiger partial charge in [0.05, 0.1) is 0 Å². The lowest BCUT2D eigenvalue weighted by Crippen LogP contribution is -2.32. The van der Waals surface area contributed by atoms with Crippen LogP contribution in [0.4, 0.5) is 0 Å². The maximum absolute atomic E-state index is 5.32. The topological polar surface area (TPSA) is 51.0 Å². The summed E-state index contributed by atoms with van der Waals surface area (Å²) in [7, 11) is 0. The maximum Gasteiger partial charge on any atom is 0.228 e. The number of nitrogens with one attached hydrogen (secondary N) is 1. The van der Waals surface area contributed by atoms with Crippen LogP contribution in [0, 0.1) is 11.8 Å². The number of hydrogen-bond donors (Lipinski definition) is 1. The molecule has 0 aliphatic carbocycles. The van der Waals surface area contributed by atoms with Gasteiger partial charge in [0, 0.05) is 18.9 Å². The van der Waals surface area contributed by atoms with Crippen molar-refractivity contribution in [3.8, 4) is 0 Å². The molecule has 0 aliphatic rings. The zero-order chi connectivity index (χ0) is 13.5. The summed E-state index contributed by atoms with van der Waals surface area (Å²) in [6.07, 6.45) is 2.85. The number of likely N-dealkylation sites (N-methyl/N-ethyl adjacent to an activating group) is 1. The number of rotatable bonds is 8. The lowest BCUT2D eigenvalue weighted by molar-refractivity contribution is 0.336. The second kappa shape index (κ2) is 7.52. The van der Waals surface area contributed by atoms with Crippen LogP contribution >= 0.6 is 0 Å². The van der Waals surface area contributed by atoms with Gasteiger partial charge < -0.3 is 9.84 Å². The van der Waals surface area contributed by atoms with E-state index in [2.05, 4.69) is 50.1 Å². The van der Waals surface area contributed by atoms with Gasteiger partial charge in [0.15, 0.2) is 5.82 Å². The van der Waals surface area contributed by atoms with Crippen LogP contribution in [0.2, 0.25) is 0 Å². The molecule has 0 aromatic carbocycles. The minimum atomic E-state index is 0.433. The van der Waals surface area contributed by atoms with Crippen LogP contribution in [0.3, 0.4) is 0 Å². The third kappa shape index (κ3) is 5.63. The average Bonchev–Trinajstić information content (AvgIpc) is 2.63. The normalized spacial score (nSPS) is 13.5. The first-order chi connectivity index (χ1) is 8.51. The second-order valence-corrected chi connectivity index (χ2v) is 5.79. The highest BCUT2D eigenvalue weighted by atomic mass is 16.5. The van der Waals surface area contributed by atoms with Crippen molar-refractivity contribution in [2.75, 3.05) is 6.54 Å². The molecule has 1 atom stereocenters. The smallest absolute Gasteiger partial charge is 0.228 e. The van der Waals surface area contributed by atoms with Gasteiger partial charge in [0.2, 0.25) is 5.89 Å². The lowest BCUT2D eigenvalue weighted by Gasteiger charge is -2.17. The predicted molar refractivity (Wildman–Crippen MR) is 73.5 cm³/mol. The molecule has 0 saturated carbocycles. The van der Waals surface area contributed by atoms with E-state index in [0.29, 0.717) is 17.9 Å². The molecule has 104 valence electrons. The van der Waals surface area contributed by atoms with Gasteiger partial charge in [-0.1, -0.05) is 39.8 Å². The molecule has 0 aliphatic heterocycles. The highest BCUT2D eigenvalue weighted by Gasteiger charge is 2.15. The Bertz CT molecular complexity index is 334. The third-order valence-corrected chi connectivity index (χ3v) is 2.77. The van der Waals surface area contributed by atoms with Gasteiger partial charge in [-0.25, -0.2) is 0 Å². The first kappa shape index (κ1) is 15.2. The predicted octanol–water partition coefficient (Wildman–Crippen LogP) is 2.83. The van der Waals surface area contributed by atoms with Crippen molar-refractivity contribution in [1.29, 1.82) is 0 Å². The molecule has 0 saturated heterocycles. The average molecular weight is 253 g/mol. The summed E-state index contributed by atoms with van der Waals surface area (Å²) >= 11 is 0. The van der Waals surface area contributed by atoms with E-state index in [0.717, 1.165) is 37.5 Å². The lowest BCUT2D eigenvalue weighted by atomic mass is 10.0. The molecule has 1 aromatic rings. The van der Waals surface area contributed by atoms with Crippen molar-refractivity contribution < 1.29 is 4.52 Å². The molecule has 4 nitrogen and oxygen atoms in total. The zero-order valence-corrected chi connectivity index (χ0v) is 12.4. The Kier molecular flexibility index (Phi) is 6.33. The Hall–Kier alpha value is -0.900. The Balaban J connectivity index is 2.54. The summed E-state index contributed by atoms with van der Waals surface area (Å²) < 4.78 is 5.32. The molecule has 18 heavy (non-hydrogen) atoms. The van der Waals surface area contributed by atoms with Gasteiger partial charge in [0.25, 0.3) is 0 Å². The first-order valence-corrected chi connectivity index (χ1v) is 7.06. The standard InChI is InChI=1S/C14H27N3O/c1-6-15-12(7-10(2)3)9-14-16-13(17-18-14)8-11(4)5/h10-12,15H,6-9H2,1-5H3. The van der Waals surface area contributed by atoms with E-state index in [1.807, 2.05) is 0 Å². The van der Waals surface area contributed by atoms with E-state index in [-0.39, 0.29) is 0 Å². The highest BCUT2D eigenvalue weighted by Crippen LogP contribution is 2.11. The van der Waals surface area contributed by atoms with E-state index in [4.69, 9.17) is 4.52 Å². The Morgan fingerprint density at radius 2 is 1.83 bits per heavy atom. The van der Waals surface area contributed by atoms with Crippen molar-refractivity contribution in [2.24, 2.45) is 11.8 Å². The van der Waals surface area contributed by atoms with E-state index >= 15 is 0 Å². The van der Waals surface area contributed by atoms with Gasteiger partial charge >= 0.3 is 0 Å². The quantitative estimate of drug-likeness (QED) is 0.774. The Morgan fingerprint density at radius 3 is 2.39 bits per heavy atom. The highest BCUT2D eigenvalue weighted by molar-refractivity contribution is 4.90. The molecule has 0 fully saturated rings. The van der Waals surface area contributed by atoms with Crippen molar-refractivity contribution in [3.05, 3.63) is 11.7 Å². The second-order valence-electron chi connectivity index (χ2n) is 5.79. The summed E-state index contributed by atoms with van der Waals surface area (Å²) in [5, 5.41) is 7.52. The summed E-state index contributed by atoms with van der Waals surface area (Å²) in [5.41, 5.74) is 0. The molecule has 4 heteroatoms. The van der Waals surface area contributed by atoms with Crippen LogP contribution < -0.4 is 5.32 Å². The minimum absolute atomic E-state index is 0.433. The minimum Gasteiger partial charge on any atom is -0.339 e. The number of hydrogen-bond acceptors (Lipinski definition) is 4. The van der Waals surface area contributed by atoms with Gasteiger partial charge in [-0.3, -0.25) is 0 Å². The molecule has 0 amide bonds. The number of aromatic nitrogens is 2. The van der Waals surface area contributed by atoms with Crippen molar-refractivity contribution >= 4 is 0 Å². The Morgan fingerprint density at radius 1 is 1.11 bits per heavy atom. The van der Waals surface area contributed by atoms with Crippen LogP contribution in [0.15, 0.2) is 4.52 Å². The fraction of sp³-hybridized carbons (Fsp3) is 0.857. The molecular formula is C14H27N3O. The molecular weight excluding hydrogens is 226 g/mol. The van der Waals surface area contributed by atoms with Crippen LogP contribution in [-0.4, -0.2) is 22.7 Å². The third-order valence-electron chi connectivity index (χ3n) is 2.77. The van der Waals surface area contributed by atoms with E-state index < -0.39 is 0 Å². The van der Waals surface area contributed by atoms with Crippen LogP contribution in [0.25, 0.3) is 0 Å². The fourth-order valence-corrected chi connectivity index (χ4v) is 2.13. The van der Waals surface area contributed by atoms with Crippen LogP contribution in [0.1, 0.15) is 52.8 Å². The summed E-state index contributed by atoms with van der Waals surface area (Å²) in [6.45, 7) is 11.9. The molecule has 1 rings (SSSR count). The van der Waals surface area contributed by atoms with Gasteiger partial charge in [-0.2, -0.15) is 4.98 Å². The molecule has 0 bridgehead atoms. The zero-order valence-electron chi connectivity index (χ0n) is 12.4. The van der Waals surface area contributed by atoms with Crippen molar-refractivity contribution in [1.82, 2.24) is 15.5 Å². The van der Waals surface area contributed by atoms with E-state index in [1.165, 1.54) is 0 Å². The molecule has 1 aromatic heterocycles. The van der Waals surface area contributed by atoms with E-state index in [9.17, 15) is 0 Å². The van der Waals surface area contributed by atoms with Gasteiger partial charge in [-0.15, -0.1) is 0 Å². The van der Waals surface area contributed by atoms with Gasteiger partial charge in [0.1, 0.15) is 0 Å². The van der Waals surface area contributed by atoms with Crippen molar-refractivity contribution in [3.63, 3.8) is 0 Å². The van der Waals surface area contributed by atoms with Crippen LogP contribution in [0.5, 0.6) is 0 Å². The Labute approximate surface area is 111 Å². The van der Waals surface area contributed by atoms with E-state index in [1.54, 1.807) is 0 Å². The van der Waals surface area contributed by atoms with Crippen LogP contribution in [-0.2, 0) is 12.8 Å². The fourth-order valence-electron chi connectivity index (χ4n) is 2.13.